The smallest absolute Gasteiger partial charge is 0.347 e. The van der Waals surface area contributed by atoms with E-state index >= 15 is 0 Å². The standard InChI is InChI=1S/C5H3NO4S/c7-11(8)9-4-2-1-3-6-5(4)10-11/h1-3H. The Hall–Kier alpha value is -1.30. The molecule has 0 N–H and O–H groups in total. The van der Waals surface area contributed by atoms with Crippen LogP contribution in [0.1, 0.15) is 0 Å². The van der Waals surface area contributed by atoms with Crippen LogP contribution >= 0.6 is 0 Å². The molecule has 0 spiro atoms. The molecule has 2 rings (SSSR count). The highest BCUT2D eigenvalue weighted by atomic mass is 32.3. The van der Waals surface area contributed by atoms with Crippen LogP contribution in [0.25, 0.3) is 0 Å². The highest BCUT2D eigenvalue weighted by Gasteiger charge is 2.28. The third-order valence-corrected chi connectivity index (χ3v) is 1.85. The molecule has 0 radical (unpaired) electrons. The van der Waals surface area contributed by atoms with E-state index in [2.05, 4.69) is 13.4 Å². The molecular weight excluding hydrogens is 170 g/mol. The molecule has 0 fully saturated rings. The predicted octanol–water partition coefficient (Wildman–Crippen LogP) is 0.0976. The Morgan fingerprint density at radius 1 is 1.36 bits per heavy atom. The second-order valence-electron chi connectivity index (χ2n) is 1.88. The minimum Gasteiger partial charge on any atom is -0.347 e. The molecule has 1 aromatic heterocycles. The number of nitrogens with zero attached hydrogens (tertiary/aromatic N) is 1. The summed E-state index contributed by atoms with van der Waals surface area (Å²) in [5.41, 5.74) is 0. The van der Waals surface area contributed by atoms with Crippen LogP contribution in [0.3, 0.4) is 0 Å². The third kappa shape index (κ3) is 1.01. The van der Waals surface area contributed by atoms with Gasteiger partial charge >= 0.3 is 10.4 Å². The fourth-order valence-corrected chi connectivity index (χ4v) is 1.43. The molecule has 0 unspecified atom stereocenters. The van der Waals surface area contributed by atoms with Crippen molar-refractivity contribution in [3.05, 3.63) is 18.3 Å². The van der Waals surface area contributed by atoms with Gasteiger partial charge < -0.3 is 8.37 Å². The van der Waals surface area contributed by atoms with Crippen LogP contribution in [-0.2, 0) is 10.4 Å². The van der Waals surface area contributed by atoms with Crippen LogP contribution in [-0.4, -0.2) is 13.4 Å². The summed E-state index contributed by atoms with van der Waals surface area (Å²) in [6.07, 6.45) is 1.42. The maximum atomic E-state index is 10.6. The van der Waals surface area contributed by atoms with Crippen LogP contribution in [0.4, 0.5) is 0 Å². The molecule has 0 aromatic carbocycles. The molecule has 0 bridgehead atoms. The topological polar surface area (TPSA) is 65.5 Å². The van der Waals surface area contributed by atoms with Gasteiger partial charge in [-0.2, -0.15) is 0 Å². The second-order valence-corrected chi connectivity index (χ2v) is 3.03. The Morgan fingerprint density at radius 3 is 2.91 bits per heavy atom. The van der Waals surface area contributed by atoms with Crippen LogP contribution in [0.2, 0.25) is 0 Å². The lowest BCUT2D eigenvalue weighted by Crippen LogP contribution is -2.08. The van der Waals surface area contributed by atoms with Gasteiger partial charge in [-0.3, -0.25) is 0 Å². The van der Waals surface area contributed by atoms with E-state index in [0.29, 0.717) is 0 Å². The molecule has 5 nitrogen and oxygen atoms in total. The first-order chi connectivity index (χ1) is 5.17. The van der Waals surface area contributed by atoms with Crippen molar-refractivity contribution >= 4 is 10.4 Å². The highest BCUT2D eigenvalue weighted by molar-refractivity contribution is 7.82. The molecule has 0 amide bonds. The summed E-state index contributed by atoms with van der Waals surface area (Å²) < 4.78 is 29.9. The van der Waals surface area contributed by atoms with E-state index in [1.54, 1.807) is 6.07 Å². The lowest BCUT2D eigenvalue weighted by atomic mass is 10.4. The molecule has 2 heterocycles. The number of fused-ring (bicyclic) bond motifs is 1. The van der Waals surface area contributed by atoms with Crippen molar-refractivity contribution in [2.24, 2.45) is 0 Å². The van der Waals surface area contributed by atoms with Crippen LogP contribution < -0.4 is 8.37 Å². The average Bonchev–Trinajstić information content (AvgIpc) is 2.21. The Kier molecular flexibility index (Phi) is 1.08. The van der Waals surface area contributed by atoms with Crippen molar-refractivity contribution in [1.82, 2.24) is 4.98 Å². The van der Waals surface area contributed by atoms with Crippen molar-refractivity contribution in [1.29, 1.82) is 0 Å². The van der Waals surface area contributed by atoms with Gasteiger partial charge in [0, 0.05) is 6.20 Å². The van der Waals surface area contributed by atoms with Gasteiger partial charge in [0.1, 0.15) is 0 Å². The first kappa shape index (κ1) is 6.41. The van der Waals surface area contributed by atoms with Crippen LogP contribution in [0.15, 0.2) is 18.3 Å². The Bertz CT molecular complexity index is 354. The van der Waals surface area contributed by atoms with Crippen molar-refractivity contribution < 1.29 is 16.8 Å². The molecule has 1 aliphatic rings. The second kappa shape index (κ2) is 1.85. The Labute approximate surface area is 62.9 Å². The molecule has 1 aliphatic heterocycles. The maximum absolute atomic E-state index is 10.6. The van der Waals surface area contributed by atoms with E-state index in [0.717, 1.165) is 0 Å². The monoisotopic (exact) mass is 173 g/mol. The predicted molar refractivity (Wildman–Crippen MR) is 34.4 cm³/mol. The number of aromatic nitrogens is 1. The molecule has 6 heteroatoms. The normalized spacial score (nSPS) is 18.2. The Morgan fingerprint density at radius 2 is 2.18 bits per heavy atom. The van der Waals surface area contributed by atoms with E-state index in [1.807, 2.05) is 0 Å². The molecule has 0 saturated carbocycles. The zero-order chi connectivity index (χ0) is 7.90. The average molecular weight is 173 g/mol. The molecule has 11 heavy (non-hydrogen) atoms. The first-order valence-electron chi connectivity index (χ1n) is 2.76. The molecule has 0 aliphatic carbocycles. The minimum atomic E-state index is -3.87. The lowest BCUT2D eigenvalue weighted by molar-refractivity contribution is 0.433. The summed E-state index contributed by atoms with van der Waals surface area (Å²) in [7, 11) is -3.87. The fourth-order valence-electron chi connectivity index (χ4n) is 0.726. The number of hydrogen-bond donors (Lipinski definition) is 0. The quantitative estimate of drug-likeness (QED) is 0.556. The van der Waals surface area contributed by atoms with Gasteiger partial charge in [-0.05, 0) is 12.1 Å². The fraction of sp³-hybridized carbons (Fsp3) is 0. The SMILES string of the molecule is O=S1(=O)Oc2cccnc2O1. The maximum Gasteiger partial charge on any atom is 0.502 e. The number of rotatable bonds is 0. The molecular formula is C5H3NO4S. The zero-order valence-electron chi connectivity index (χ0n) is 5.22. The minimum absolute atomic E-state index is 0.00694. The van der Waals surface area contributed by atoms with Gasteiger partial charge in [-0.25, -0.2) is 4.98 Å². The third-order valence-electron chi connectivity index (χ3n) is 1.11. The Balaban J connectivity index is 2.57. The largest absolute Gasteiger partial charge is 0.502 e. The van der Waals surface area contributed by atoms with E-state index in [-0.39, 0.29) is 11.6 Å². The van der Waals surface area contributed by atoms with Gasteiger partial charge in [-0.1, -0.05) is 0 Å². The van der Waals surface area contributed by atoms with E-state index < -0.39 is 10.4 Å². The van der Waals surface area contributed by atoms with E-state index in [1.165, 1.54) is 12.3 Å². The molecule has 58 valence electrons. The van der Waals surface area contributed by atoms with Gasteiger partial charge in [0.15, 0.2) is 0 Å². The highest BCUT2D eigenvalue weighted by Crippen LogP contribution is 2.31. The van der Waals surface area contributed by atoms with Crippen molar-refractivity contribution in [2.75, 3.05) is 0 Å². The molecule has 1 aromatic rings. The van der Waals surface area contributed by atoms with E-state index in [9.17, 15) is 8.42 Å². The van der Waals surface area contributed by atoms with Gasteiger partial charge in [0.25, 0.3) is 5.88 Å². The molecule has 0 saturated heterocycles. The number of hydrogen-bond acceptors (Lipinski definition) is 5. The van der Waals surface area contributed by atoms with Crippen molar-refractivity contribution in [3.63, 3.8) is 0 Å². The van der Waals surface area contributed by atoms with Crippen molar-refractivity contribution in [2.45, 2.75) is 0 Å². The van der Waals surface area contributed by atoms with Gasteiger partial charge in [0.2, 0.25) is 5.75 Å². The van der Waals surface area contributed by atoms with Crippen LogP contribution in [0, 0.1) is 0 Å². The zero-order valence-corrected chi connectivity index (χ0v) is 6.04. The summed E-state index contributed by atoms with van der Waals surface area (Å²) in [4.78, 5) is 3.63. The van der Waals surface area contributed by atoms with Crippen molar-refractivity contribution in [3.8, 4) is 11.6 Å². The van der Waals surface area contributed by atoms with Gasteiger partial charge in [-0.15, -0.1) is 8.42 Å². The van der Waals surface area contributed by atoms with E-state index in [4.69, 9.17) is 0 Å². The summed E-state index contributed by atoms with van der Waals surface area (Å²) in [5.74, 6) is 0.125. The summed E-state index contributed by atoms with van der Waals surface area (Å²) in [5, 5.41) is 0. The molecule has 0 atom stereocenters. The lowest BCUT2D eigenvalue weighted by Gasteiger charge is -1.86. The number of pyridine rings is 1. The summed E-state index contributed by atoms with van der Waals surface area (Å²) >= 11 is 0. The van der Waals surface area contributed by atoms with Gasteiger partial charge in [0.05, 0.1) is 0 Å². The van der Waals surface area contributed by atoms with Crippen LogP contribution in [0.5, 0.6) is 11.6 Å². The summed E-state index contributed by atoms with van der Waals surface area (Å²) in [6.45, 7) is 0. The summed E-state index contributed by atoms with van der Waals surface area (Å²) in [6, 6.07) is 3.02. The first-order valence-corrected chi connectivity index (χ1v) is 4.10.